The van der Waals surface area contributed by atoms with Crippen LogP contribution in [0.4, 0.5) is 0 Å². The summed E-state index contributed by atoms with van der Waals surface area (Å²) in [6.45, 7) is 6.76. The summed E-state index contributed by atoms with van der Waals surface area (Å²) >= 11 is 0. The van der Waals surface area contributed by atoms with Crippen LogP contribution in [0.3, 0.4) is 0 Å². The zero-order valence-corrected chi connectivity index (χ0v) is 11.4. The topological polar surface area (TPSA) is 32.5 Å². The molecule has 3 heteroatoms. The lowest BCUT2D eigenvalue weighted by Crippen LogP contribution is -2.46. The van der Waals surface area contributed by atoms with Gasteiger partial charge in [0.25, 0.3) is 0 Å². The maximum atomic E-state index is 6.35. The van der Waals surface area contributed by atoms with Gasteiger partial charge in [0.15, 0.2) is 0 Å². The third-order valence-corrected chi connectivity index (χ3v) is 6.25. The van der Waals surface area contributed by atoms with Crippen molar-refractivity contribution in [2.75, 3.05) is 32.7 Å². The van der Waals surface area contributed by atoms with Crippen molar-refractivity contribution in [3.8, 4) is 0 Å². The fourth-order valence-electron chi connectivity index (χ4n) is 5.23. The molecule has 2 N–H and O–H groups in total. The van der Waals surface area contributed by atoms with E-state index in [0.29, 0.717) is 6.04 Å². The maximum Gasteiger partial charge on any atom is 0.0149 e. The molecule has 0 aromatic heterocycles. The largest absolute Gasteiger partial charge is 0.327 e. The first kappa shape index (κ1) is 11.7. The van der Waals surface area contributed by atoms with E-state index in [1.54, 1.807) is 0 Å². The highest BCUT2D eigenvalue weighted by atomic mass is 15.2. The van der Waals surface area contributed by atoms with Crippen molar-refractivity contribution in [3.63, 3.8) is 0 Å². The van der Waals surface area contributed by atoms with E-state index in [2.05, 4.69) is 9.80 Å². The van der Waals surface area contributed by atoms with Gasteiger partial charge in [-0.25, -0.2) is 0 Å². The molecule has 102 valence electrons. The summed E-state index contributed by atoms with van der Waals surface area (Å²) in [7, 11) is 0. The highest BCUT2D eigenvalue weighted by Gasteiger charge is 2.44. The predicted octanol–water partition coefficient (Wildman–Crippen LogP) is 1.14. The lowest BCUT2D eigenvalue weighted by molar-refractivity contribution is 0.116. The monoisotopic (exact) mass is 249 g/mol. The fraction of sp³-hybridized carbons (Fsp3) is 1.00. The molecule has 0 aromatic rings. The Balaban J connectivity index is 1.46. The predicted molar refractivity (Wildman–Crippen MR) is 73.3 cm³/mol. The van der Waals surface area contributed by atoms with Crippen LogP contribution in [0.5, 0.6) is 0 Å². The summed E-state index contributed by atoms with van der Waals surface area (Å²) in [5.41, 5.74) is 6.35. The molecule has 3 saturated heterocycles. The van der Waals surface area contributed by atoms with Gasteiger partial charge in [0.2, 0.25) is 0 Å². The zero-order valence-electron chi connectivity index (χ0n) is 11.4. The van der Waals surface area contributed by atoms with Gasteiger partial charge in [-0.1, -0.05) is 6.42 Å². The van der Waals surface area contributed by atoms with E-state index >= 15 is 0 Å². The Bertz CT molecular complexity index is 319. The minimum atomic E-state index is 0.498. The van der Waals surface area contributed by atoms with E-state index in [1.807, 2.05) is 0 Å². The van der Waals surface area contributed by atoms with Crippen LogP contribution in [0.15, 0.2) is 0 Å². The van der Waals surface area contributed by atoms with Crippen LogP contribution < -0.4 is 5.73 Å². The molecular weight excluding hydrogens is 222 g/mol. The van der Waals surface area contributed by atoms with E-state index in [-0.39, 0.29) is 0 Å². The number of piperidine rings is 1. The van der Waals surface area contributed by atoms with E-state index in [9.17, 15) is 0 Å². The second-order valence-electron chi connectivity index (χ2n) is 7.18. The third-order valence-electron chi connectivity index (χ3n) is 6.25. The first-order chi connectivity index (χ1) is 8.81. The van der Waals surface area contributed by atoms with Crippen molar-refractivity contribution < 1.29 is 0 Å². The summed E-state index contributed by atoms with van der Waals surface area (Å²) < 4.78 is 0. The van der Waals surface area contributed by atoms with Gasteiger partial charge >= 0.3 is 0 Å². The molecule has 3 aliphatic heterocycles. The van der Waals surface area contributed by atoms with Gasteiger partial charge in [0, 0.05) is 31.7 Å². The SMILES string of the molecule is NC1CCCC2CN(C3CCN4CCC3C4)CC12. The van der Waals surface area contributed by atoms with Crippen LogP contribution in [0.2, 0.25) is 0 Å². The molecule has 0 spiro atoms. The highest BCUT2D eigenvalue weighted by Crippen LogP contribution is 2.40. The Morgan fingerprint density at radius 1 is 0.833 bits per heavy atom. The van der Waals surface area contributed by atoms with Crippen molar-refractivity contribution in [2.45, 2.75) is 44.2 Å². The highest BCUT2D eigenvalue weighted by molar-refractivity contribution is 4.99. The molecule has 1 aliphatic carbocycles. The molecule has 6 atom stereocenters. The average Bonchev–Trinajstić information content (AvgIpc) is 2.96. The number of hydrogen-bond donors (Lipinski definition) is 1. The number of likely N-dealkylation sites (tertiary alicyclic amines) is 1. The van der Waals surface area contributed by atoms with Crippen LogP contribution in [0.25, 0.3) is 0 Å². The number of nitrogens with zero attached hydrogens (tertiary/aromatic N) is 2. The number of rotatable bonds is 1. The van der Waals surface area contributed by atoms with Gasteiger partial charge in [0.05, 0.1) is 0 Å². The second-order valence-corrected chi connectivity index (χ2v) is 7.18. The van der Waals surface area contributed by atoms with Crippen molar-refractivity contribution in [1.29, 1.82) is 0 Å². The Hall–Kier alpha value is -0.120. The van der Waals surface area contributed by atoms with Crippen LogP contribution >= 0.6 is 0 Å². The van der Waals surface area contributed by atoms with E-state index in [4.69, 9.17) is 5.73 Å². The lowest BCUT2D eigenvalue weighted by Gasteiger charge is -2.37. The summed E-state index contributed by atoms with van der Waals surface area (Å²) in [4.78, 5) is 5.50. The Morgan fingerprint density at radius 2 is 1.72 bits per heavy atom. The zero-order chi connectivity index (χ0) is 12.1. The first-order valence-corrected chi connectivity index (χ1v) is 8.03. The summed E-state index contributed by atoms with van der Waals surface area (Å²) in [6.07, 6.45) is 6.95. The molecule has 3 nitrogen and oxygen atoms in total. The molecule has 0 radical (unpaired) electrons. The standard InChI is InChI=1S/C15H27N3/c16-14-3-1-2-11-9-18(10-13(11)14)15-5-7-17-6-4-12(15)8-17/h11-15H,1-10,16H2. The Kier molecular flexibility index (Phi) is 2.90. The van der Waals surface area contributed by atoms with Crippen molar-refractivity contribution in [2.24, 2.45) is 23.5 Å². The van der Waals surface area contributed by atoms with E-state index in [0.717, 1.165) is 23.8 Å². The lowest BCUT2D eigenvalue weighted by atomic mass is 9.78. The normalized spacial score (nSPS) is 52.5. The van der Waals surface area contributed by atoms with E-state index in [1.165, 1.54) is 64.8 Å². The molecule has 18 heavy (non-hydrogen) atoms. The summed E-state index contributed by atoms with van der Waals surface area (Å²) in [5.74, 6) is 2.71. The van der Waals surface area contributed by atoms with Crippen molar-refractivity contribution in [1.82, 2.24) is 9.80 Å². The van der Waals surface area contributed by atoms with Crippen molar-refractivity contribution in [3.05, 3.63) is 0 Å². The molecular formula is C15H27N3. The van der Waals surface area contributed by atoms with Crippen LogP contribution in [0, 0.1) is 17.8 Å². The Morgan fingerprint density at radius 3 is 2.61 bits per heavy atom. The van der Waals surface area contributed by atoms with Gasteiger partial charge in [-0.05, 0) is 56.5 Å². The number of fused-ring (bicyclic) bond motifs is 3. The van der Waals surface area contributed by atoms with Gasteiger partial charge < -0.3 is 10.6 Å². The molecule has 3 heterocycles. The second kappa shape index (κ2) is 4.46. The van der Waals surface area contributed by atoms with Crippen molar-refractivity contribution >= 4 is 0 Å². The fourth-order valence-corrected chi connectivity index (χ4v) is 5.23. The van der Waals surface area contributed by atoms with Crippen LogP contribution in [-0.4, -0.2) is 54.6 Å². The number of nitrogens with two attached hydrogens (primary N) is 1. The number of hydrogen-bond acceptors (Lipinski definition) is 3. The van der Waals surface area contributed by atoms with Crippen LogP contribution in [-0.2, 0) is 0 Å². The summed E-state index contributed by atoms with van der Waals surface area (Å²) in [6, 6.07) is 1.39. The van der Waals surface area contributed by atoms with Gasteiger partial charge in [-0.2, -0.15) is 0 Å². The van der Waals surface area contributed by atoms with Gasteiger partial charge in [0.1, 0.15) is 0 Å². The van der Waals surface area contributed by atoms with Gasteiger partial charge in [-0.15, -0.1) is 0 Å². The molecule has 4 rings (SSSR count). The van der Waals surface area contributed by atoms with E-state index < -0.39 is 0 Å². The molecule has 4 aliphatic rings. The van der Waals surface area contributed by atoms with Crippen LogP contribution in [0.1, 0.15) is 32.1 Å². The minimum Gasteiger partial charge on any atom is -0.327 e. The quantitative estimate of drug-likeness (QED) is 0.756. The van der Waals surface area contributed by atoms with Gasteiger partial charge in [-0.3, -0.25) is 4.90 Å². The smallest absolute Gasteiger partial charge is 0.0149 e. The molecule has 2 bridgehead atoms. The minimum absolute atomic E-state index is 0.498. The molecule has 0 amide bonds. The molecule has 1 saturated carbocycles. The maximum absolute atomic E-state index is 6.35. The summed E-state index contributed by atoms with van der Waals surface area (Å²) in [5, 5.41) is 0. The first-order valence-electron chi connectivity index (χ1n) is 8.03. The molecule has 4 fully saturated rings. The third kappa shape index (κ3) is 1.83. The molecule has 6 unspecified atom stereocenters. The average molecular weight is 249 g/mol. The Labute approximate surface area is 111 Å². The molecule has 0 aromatic carbocycles.